The summed E-state index contributed by atoms with van der Waals surface area (Å²) in [6.45, 7) is 0.931. The van der Waals surface area contributed by atoms with Crippen molar-refractivity contribution in [2.75, 3.05) is 19.7 Å². The van der Waals surface area contributed by atoms with Crippen LogP contribution in [0.25, 0.3) is 11.1 Å². The zero-order chi connectivity index (χ0) is 26.0. The summed E-state index contributed by atoms with van der Waals surface area (Å²) in [4.78, 5) is 0. The molecule has 0 spiro atoms. The highest BCUT2D eigenvalue weighted by molar-refractivity contribution is 5.63. The fourth-order valence-corrected chi connectivity index (χ4v) is 4.08. The molecule has 0 aliphatic heterocycles. The SMILES string of the molecule is OCc1cc(C(O)CNCCc2ccc(OCC(O)c3ccc(-c4ccccc4)cc3)cc2)ccc1O. The Bertz CT molecular complexity index is 1240. The van der Waals surface area contributed by atoms with E-state index in [1.165, 1.54) is 6.07 Å². The first kappa shape index (κ1) is 26.4. The first-order valence-corrected chi connectivity index (χ1v) is 12.4. The van der Waals surface area contributed by atoms with E-state index in [2.05, 4.69) is 17.4 Å². The van der Waals surface area contributed by atoms with Crippen molar-refractivity contribution < 1.29 is 25.2 Å². The van der Waals surface area contributed by atoms with Crippen molar-refractivity contribution >= 4 is 0 Å². The summed E-state index contributed by atoms with van der Waals surface area (Å²) < 4.78 is 5.79. The van der Waals surface area contributed by atoms with Gasteiger partial charge in [-0.25, -0.2) is 0 Å². The van der Waals surface area contributed by atoms with E-state index in [-0.39, 0.29) is 19.0 Å². The highest BCUT2D eigenvalue weighted by atomic mass is 16.5. The molecule has 0 aromatic heterocycles. The highest BCUT2D eigenvalue weighted by Gasteiger charge is 2.11. The second-order valence-corrected chi connectivity index (χ2v) is 8.97. The molecule has 0 saturated carbocycles. The molecule has 192 valence electrons. The summed E-state index contributed by atoms with van der Waals surface area (Å²) >= 11 is 0. The van der Waals surface area contributed by atoms with Gasteiger partial charge in [0.2, 0.25) is 0 Å². The van der Waals surface area contributed by atoms with Gasteiger partial charge in [0.1, 0.15) is 24.2 Å². The predicted octanol–water partition coefficient (Wildman–Crippen LogP) is 4.53. The van der Waals surface area contributed by atoms with Gasteiger partial charge in [-0.1, -0.05) is 72.8 Å². The summed E-state index contributed by atoms with van der Waals surface area (Å²) in [7, 11) is 0. The fourth-order valence-electron chi connectivity index (χ4n) is 4.08. The van der Waals surface area contributed by atoms with Crippen LogP contribution in [0.2, 0.25) is 0 Å². The Hall–Kier alpha value is -3.68. The van der Waals surface area contributed by atoms with Crippen LogP contribution in [-0.2, 0) is 13.0 Å². The van der Waals surface area contributed by atoms with E-state index in [1.54, 1.807) is 12.1 Å². The fraction of sp³-hybridized carbons (Fsp3) is 0.226. The minimum absolute atomic E-state index is 0.0193. The van der Waals surface area contributed by atoms with Gasteiger partial charge < -0.3 is 30.5 Å². The van der Waals surface area contributed by atoms with Crippen molar-refractivity contribution in [3.8, 4) is 22.6 Å². The number of phenols is 1. The molecule has 0 aliphatic rings. The molecule has 0 bridgehead atoms. The van der Waals surface area contributed by atoms with Crippen molar-refractivity contribution in [1.82, 2.24) is 5.32 Å². The molecule has 5 N–H and O–H groups in total. The number of aliphatic hydroxyl groups excluding tert-OH is 3. The van der Waals surface area contributed by atoms with Gasteiger partial charge in [0.15, 0.2) is 0 Å². The van der Waals surface area contributed by atoms with Gasteiger partial charge >= 0.3 is 0 Å². The molecule has 6 nitrogen and oxygen atoms in total. The number of ether oxygens (including phenoxy) is 1. The van der Waals surface area contributed by atoms with Crippen LogP contribution in [0.5, 0.6) is 11.5 Å². The molecule has 4 aromatic carbocycles. The maximum atomic E-state index is 10.5. The van der Waals surface area contributed by atoms with Crippen LogP contribution >= 0.6 is 0 Å². The van der Waals surface area contributed by atoms with Crippen LogP contribution in [0.4, 0.5) is 0 Å². The second-order valence-electron chi connectivity index (χ2n) is 8.97. The van der Waals surface area contributed by atoms with Crippen LogP contribution in [0.15, 0.2) is 97.1 Å². The Balaban J connectivity index is 1.19. The van der Waals surface area contributed by atoms with Crippen LogP contribution in [0.3, 0.4) is 0 Å². The molecule has 6 heteroatoms. The molecule has 0 aliphatic carbocycles. The number of hydrogen-bond acceptors (Lipinski definition) is 6. The normalized spacial score (nSPS) is 12.7. The van der Waals surface area contributed by atoms with Crippen LogP contribution in [0, 0.1) is 0 Å². The summed E-state index contributed by atoms with van der Waals surface area (Å²) in [5.74, 6) is 0.713. The van der Waals surface area contributed by atoms with Crippen molar-refractivity contribution in [3.63, 3.8) is 0 Å². The molecule has 4 rings (SSSR count). The van der Waals surface area contributed by atoms with Gasteiger partial charge in [0.05, 0.1) is 12.7 Å². The second kappa shape index (κ2) is 13.0. The van der Waals surface area contributed by atoms with E-state index >= 15 is 0 Å². The minimum Gasteiger partial charge on any atom is -0.508 e. The third-order valence-corrected chi connectivity index (χ3v) is 6.32. The topological polar surface area (TPSA) is 102 Å². The van der Waals surface area contributed by atoms with Crippen molar-refractivity contribution in [1.29, 1.82) is 0 Å². The lowest BCUT2D eigenvalue weighted by molar-refractivity contribution is 0.108. The molecule has 2 atom stereocenters. The lowest BCUT2D eigenvalue weighted by Gasteiger charge is -2.15. The molecular weight excluding hydrogens is 466 g/mol. The van der Waals surface area contributed by atoms with Gasteiger partial charge in [-0.2, -0.15) is 0 Å². The number of rotatable bonds is 12. The van der Waals surface area contributed by atoms with E-state index in [0.717, 1.165) is 28.7 Å². The zero-order valence-corrected chi connectivity index (χ0v) is 20.6. The predicted molar refractivity (Wildman–Crippen MR) is 144 cm³/mol. The molecule has 0 heterocycles. The summed E-state index contributed by atoms with van der Waals surface area (Å²) in [6, 6.07) is 30.5. The van der Waals surface area contributed by atoms with Crippen LogP contribution in [-0.4, -0.2) is 40.1 Å². The highest BCUT2D eigenvalue weighted by Crippen LogP contribution is 2.24. The van der Waals surface area contributed by atoms with Gasteiger partial charge in [-0.15, -0.1) is 0 Å². The molecule has 0 radical (unpaired) electrons. The molecule has 0 saturated heterocycles. The van der Waals surface area contributed by atoms with E-state index in [1.807, 2.05) is 66.7 Å². The molecule has 4 aromatic rings. The van der Waals surface area contributed by atoms with Gasteiger partial charge in [0.25, 0.3) is 0 Å². The molecule has 2 unspecified atom stereocenters. The van der Waals surface area contributed by atoms with Crippen molar-refractivity contribution in [2.45, 2.75) is 25.2 Å². The van der Waals surface area contributed by atoms with Gasteiger partial charge in [-0.05, 0) is 65.0 Å². The Kier molecular flexibility index (Phi) is 9.29. The molecular formula is C31H33NO5. The summed E-state index contributed by atoms with van der Waals surface area (Å²) in [5.41, 5.74) is 5.22. The number of aliphatic hydroxyl groups is 3. The Morgan fingerprint density at radius 3 is 2.11 bits per heavy atom. The first-order chi connectivity index (χ1) is 18.0. The van der Waals surface area contributed by atoms with Crippen molar-refractivity contribution in [3.05, 3.63) is 119 Å². The molecule has 0 fully saturated rings. The number of nitrogens with one attached hydrogen (secondary N) is 1. The zero-order valence-electron chi connectivity index (χ0n) is 20.6. The first-order valence-electron chi connectivity index (χ1n) is 12.4. The van der Waals surface area contributed by atoms with Crippen LogP contribution < -0.4 is 10.1 Å². The van der Waals surface area contributed by atoms with Crippen molar-refractivity contribution in [2.24, 2.45) is 0 Å². The molecule has 0 amide bonds. The summed E-state index contributed by atoms with van der Waals surface area (Å²) in [5, 5.41) is 43.0. The summed E-state index contributed by atoms with van der Waals surface area (Å²) in [6.07, 6.45) is -0.675. The Morgan fingerprint density at radius 1 is 0.730 bits per heavy atom. The smallest absolute Gasteiger partial charge is 0.121 e. The number of benzene rings is 4. The monoisotopic (exact) mass is 499 g/mol. The number of aromatic hydroxyl groups is 1. The van der Waals surface area contributed by atoms with E-state index in [4.69, 9.17) is 4.74 Å². The third-order valence-electron chi connectivity index (χ3n) is 6.32. The minimum atomic E-state index is -0.734. The average molecular weight is 500 g/mol. The van der Waals surface area contributed by atoms with Gasteiger partial charge in [-0.3, -0.25) is 0 Å². The van der Waals surface area contributed by atoms with E-state index < -0.39 is 12.2 Å². The van der Waals surface area contributed by atoms with E-state index in [0.29, 0.717) is 30.0 Å². The van der Waals surface area contributed by atoms with E-state index in [9.17, 15) is 20.4 Å². The largest absolute Gasteiger partial charge is 0.508 e. The average Bonchev–Trinajstić information content (AvgIpc) is 2.95. The Labute approximate surface area is 217 Å². The number of hydrogen-bond donors (Lipinski definition) is 5. The quantitative estimate of drug-likeness (QED) is 0.184. The van der Waals surface area contributed by atoms with Crippen LogP contribution in [0.1, 0.15) is 34.5 Å². The lowest BCUT2D eigenvalue weighted by Crippen LogP contribution is -2.23. The molecule has 37 heavy (non-hydrogen) atoms. The standard InChI is InChI=1S/C31H33NO5/c33-20-27-18-26(12-15-29(27)34)30(35)19-32-17-16-22-6-13-28(14-7-22)37-21-31(36)25-10-8-24(9-11-25)23-4-2-1-3-5-23/h1-15,18,30-36H,16-17,19-21H2. The third kappa shape index (κ3) is 7.41. The Morgan fingerprint density at radius 2 is 1.41 bits per heavy atom. The maximum absolute atomic E-state index is 10.5. The maximum Gasteiger partial charge on any atom is 0.121 e. The van der Waals surface area contributed by atoms with Gasteiger partial charge in [0, 0.05) is 12.1 Å². The lowest BCUT2D eigenvalue weighted by atomic mass is 10.0.